The Balaban J connectivity index is 1.93. The number of pyridine rings is 1. The summed E-state index contributed by atoms with van der Waals surface area (Å²) in [6.07, 6.45) is 5.86. The maximum Gasteiger partial charge on any atom is 0.0964 e. The number of aromatic nitrogens is 3. The van der Waals surface area contributed by atoms with Crippen molar-refractivity contribution in [3.8, 4) is 16.9 Å². The van der Waals surface area contributed by atoms with E-state index in [0.717, 1.165) is 51.8 Å². The van der Waals surface area contributed by atoms with E-state index in [9.17, 15) is 0 Å². The summed E-state index contributed by atoms with van der Waals surface area (Å²) < 4.78 is 8.04. The van der Waals surface area contributed by atoms with Crippen LogP contribution in [0.5, 0.6) is 0 Å². The molecular weight excluding hydrogens is 382 g/mol. The van der Waals surface area contributed by atoms with Gasteiger partial charge in [-0.2, -0.15) is 5.10 Å². The van der Waals surface area contributed by atoms with Gasteiger partial charge in [0.05, 0.1) is 29.8 Å². The van der Waals surface area contributed by atoms with Crippen molar-refractivity contribution in [3.05, 3.63) is 69.6 Å². The maximum absolute atomic E-state index is 6.38. The van der Waals surface area contributed by atoms with Gasteiger partial charge in [0.2, 0.25) is 0 Å². The Bertz CT molecular complexity index is 1060. The topological polar surface area (TPSA) is 39.9 Å². The van der Waals surface area contributed by atoms with E-state index in [1.807, 2.05) is 45.1 Å². The van der Waals surface area contributed by atoms with Crippen molar-refractivity contribution in [1.82, 2.24) is 14.8 Å². The Morgan fingerprint density at radius 3 is 2.66 bits per heavy atom. The highest BCUT2D eigenvalue weighted by Gasteiger charge is 2.25. The average Bonchev–Trinajstić information content (AvgIpc) is 2.90. The number of aryl methyl sites for hydroxylation is 2. The first-order valence-electron chi connectivity index (χ1n) is 10.1. The lowest BCUT2D eigenvalue weighted by molar-refractivity contribution is 0.0735. The molecule has 0 N–H and O–H groups in total. The predicted octanol–water partition coefficient (Wildman–Crippen LogP) is 5.74. The van der Waals surface area contributed by atoms with E-state index in [1.54, 1.807) is 0 Å². The fourth-order valence-corrected chi connectivity index (χ4v) is 4.22. The van der Waals surface area contributed by atoms with Crippen molar-refractivity contribution in [3.63, 3.8) is 0 Å². The predicted molar refractivity (Wildman–Crippen MR) is 119 cm³/mol. The van der Waals surface area contributed by atoms with Crippen molar-refractivity contribution in [1.29, 1.82) is 0 Å². The van der Waals surface area contributed by atoms with E-state index < -0.39 is 0 Å². The third kappa shape index (κ3) is 4.00. The summed E-state index contributed by atoms with van der Waals surface area (Å²) in [4.78, 5) is 4.53. The summed E-state index contributed by atoms with van der Waals surface area (Å²) in [5.41, 5.74) is 8.63. The molecule has 3 aromatic rings. The lowest BCUT2D eigenvalue weighted by Gasteiger charge is -2.12. The minimum Gasteiger partial charge on any atom is -0.378 e. The molecule has 1 aliphatic heterocycles. The molecule has 4 nitrogen and oxygen atoms in total. The number of ether oxygens (including phenoxy) is 1. The molecule has 0 saturated heterocycles. The highest BCUT2D eigenvalue weighted by molar-refractivity contribution is 6.32. The van der Waals surface area contributed by atoms with Gasteiger partial charge in [0.15, 0.2) is 0 Å². The highest BCUT2D eigenvalue weighted by Crippen LogP contribution is 2.32. The quantitative estimate of drug-likeness (QED) is 0.555. The molecule has 150 valence electrons. The number of rotatable bonds is 3. The van der Waals surface area contributed by atoms with Crippen LogP contribution in [-0.4, -0.2) is 27.5 Å². The number of hydrogen-bond acceptors (Lipinski definition) is 3. The van der Waals surface area contributed by atoms with Gasteiger partial charge in [0, 0.05) is 34.0 Å². The van der Waals surface area contributed by atoms with Crippen LogP contribution in [0.15, 0.2) is 36.4 Å². The molecule has 0 saturated carbocycles. The maximum atomic E-state index is 6.38. The zero-order valence-corrected chi connectivity index (χ0v) is 18.1. The molecule has 0 fully saturated rings. The van der Waals surface area contributed by atoms with E-state index in [2.05, 4.69) is 34.8 Å². The number of benzene rings is 1. The van der Waals surface area contributed by atoms with E-state index in [1.165, 1.54) is 11.3 Å². The van der Waals surface area contributed by atoms with Crippen molar-refractivity contribution in [2.75, 3.05) is 6.61 Å². The zero-order valence-electron chi connectivity index (χ0n) is 17.4. The molecule has 3 heterocycles. The fraction of sp³-hybridized carbons (Fsp3) is 0.333. The average molecular weight is 408 g/mol. The summed E-state index contributed by atoms with van der Waals surface area (Å²) in [5, 5.41) is 5.83. The van der Waals surface area contributed by atoms with Crippen LogP contribution in [0.25, 0.3) is 23.0 Å². The molecule has 0 amide bonds. The van der Waals surface area contributed by atoms with Crippen molar-refractivity contribution in [2.45, 2.75) is 46.6 Å². The third-order valence-corrected chi connectivity index (χ3v) is 5.59. The molecule has 1 aliphatic rings. The van der Waals surface area contributed by atoms with Gasteiger partial charge in [-0.25, -0.2) is 4.68 Å². The van der Waals surface area contributed by atoms with Crippen LogP contribution in [0.1, 0.15) is 42.1 Å². The molecule has 0 radical (unpaired) electrons. The van der Waals surface area contributed by atoms with E-state index >= 15 is 0 Å². The van der Waals surface area contributed by atoms with Gasteiger partial charge in [-0.3, -0.25) is 4.98 Å². The third-order valence-electron chi connectivity index (χ3n) is 5.25. The van der Waals surface area contributed by atoms with Crippen molar-refractivity contribution >= 4 is 17.7 Å². The Labute approximate surface area is 177 Å². The Morgan fingerprint density at radius 2 is 1.93 bits per heavy atom. The number of hydrogen-bond donors (Lipinski definition) is 0. The number of allylic oxidation sites excluding steroid dienone is 1. The van der Waals surface area contributed by atoms with E-state index in [4.69, 9.17) is 21.4 Å². The van der Waals surface area contributed by atoms with Gasteiger partial charge in [0.1, 0.15) is 0 Å². The minimum atomic E-state index is 0.155. The van der Waals surface area contributed by atoms with Crippen LogP contribution < -0.4 is 0 Å². The van der Waals surface area contributed by atoms with Gasteiger partial charge in [0.25, 0.3) is 0 Å². The van der Waals surface area contributed by atoms with Crippen LogP contribution in [0.2, 0.25) is 5.02 Å². The van der Waals surface area contributed by atoms with E-state index in [0.29, 0.717) is 6.61 Å². The van der Waals surface area contributed by atoms with Crippen LogP contribution in [0.4, 0.5) is 0 Å². The second-order valence-corrected chi connectivity index (χ2v) is 8.07. The highest BCUT2D eigenvalue weighted by atomic mass is 35.5. The largest absolute Gasteiger partial charge is 0.378 e. The molecule has 1 atom stereocenters. The molecule has 29 heavy (non-hydrogen) atoms. The molecule has 2 aromatic heterocycles. The van der Waals surface area contributed by atoms with Crippen LogP contribution in [-0.2, 0) is 17.6 Å². The number of nitrogens with zero attached hydrogens (tertiary/aromatic N) is 3. The molecule has 0 bridgehead atoms. The lowest BCUT2D eigenvalue weighted by atomic mass is 10.0. The molecule has 0 spiro atoms. The van der Waals surface area contributed by atoms with Crippen LogP contribution in [0, 0.1) is 13.8 Å². The first kappa shape index (κ1) is 19.9. The fourth-order valence-electron chi connectivity index (χ4n) is 4.04. The first-order chi connectivity index (χ1) is 14.0. The molecule has 5 heteroatoms. The smallest absolute Gasteiger partial charge is 0.0964 e. The summed E-state index contributed by atoms with van der Waals surface area (Å²) in [6.45, 7) is 8.88. The standard InChI is InChI=1S/C24H26ClN3O/c1-5-6-18-14-20(7-8-22(18)25)28-23-13-17(4)29-10-9-21(23)24(27-28)19-11-15(2)26-16(3)12-19/h5-8,11-12,14,17H,9-10,13H2,1-4H3/b6-5+/t17-/m1/s1. The second-order valence-electron chi connectivity index (χ2n) is 7.67. The number of fused-ring (bicyclic) bond motifs is 1. The molecule has 0 aliphatic carbocycles. The number of halogens is 1. The first-order valence-corrected chi connectivity index (χ1v) is 10.4. The summed E-state index contributed by atoms with van der Waals surface area (Å²) in [7, 11) is 0. The minimum absolute atomic E-state index is 0.155. The Kier molecular flexibility index (Phi) is 5.57. The zero-order chi connectivity index (χ0) is 20.5. The summed E-state index contributed by atoms with van der Waals surface area (Å²) in [6, 6.07) is 10.3. The van der Waals surface area contributed by atoms with Gasteiger partial charge >= 0.3 is 0 Å². The Hall–Kier alpha value is -2.43. The SMILES string of the molecule is C/C=C/c1cc(-n2nc(-c3cc(C)nc(C)c3)c3c2C[C@@H](C)OCC3)ccc1Cl. The van der Waals surface area contributed by atoms with Gasteiger partial charge in [-0.1, -0.05) is 23.8 Å². The van der Waals surface area contributed by atoms with Crippen LogP contribution >= 0.6 is 11.6 Å². The lowest BCUT2D eigenvalue weighted by Crippen LogP contribution is -2.13. The van der Waals surface area contributed by atoms with Crippen LogP contribution in [0.3, 0.4) is 0 Å². The summed E-state index contributed by atoms with van der Waals surface area (Å²) >= 11 is 6.38. The van der Waals surface area contributed by atoms with Gasteiger partial charge in [-0.15, -0.1) is 0 Å². The Morgan fingerprint density at radius 1 is 1.17 bits per heavy atom. The van der Waals surface area contributed by atoms with Crippen molar-refractivity contribution in [2.24, 2.45) is 0 Å². The molecule has 0 unspecified atom stereocenters. The normalized spacial score (nSPS) is 16.8. The van der Waals surface area contributed by atoms with Crippen molar-refractivity contribution < 1.29 is 4.74 Å². The molecule has 1 aromatic carbocycles. The second kappa shape index (κ2) is 8.13. The van der Waals surface area contributed by atoms with Gasteiger partial charge < -0.3 is 4.74 Å². The monoisotopic (exact) mass is 407 g/mol. The van der Waals surface area contributed by atoms with E-state index in [-0.39, 0.29) is 6.10 Å². The molecular formula is C24H26ClN3O. The summed E-state index contributed by atoms with van der Waals surface area (Å²) in [5.74, 6) is 0. The van der Waals surface area contributed by atoms with Gasteiger partial charge in [-0.05, 0) is 70.0 Å². The molecule has 4 rings (SSSR count).